The molecule has 0 aromatic carbocycles. The number of hydrogen-bond acceptors (Lipinski definition) is 4. The number of rotatable bonds is 4. The molecule has 1 heterocycles. The first-order chi connectivity index (χ1) is 6.63. The minimum atomic E-state index is -0.850. The van der Waals surface area contributed by atoms with E-state index in [0.29, 0.717) is 11.3 Å². The molecule has 0 amide bonds. The lowest BCUT2D eigenvalue weighted by Crippen LogP contribution is -2.10. The van der Waals surface area contributed by atoms with Crippen LogP contribution in [0.1, 0.15) is 28.6 Å². The Bertz CT molecular complexity index is 367. The fraction of sp³-hybridized carbons (Fsp3) is 0.333. The molecule has 0 saturated heterocycles. The Hall–Kier alpha value is -1.38. The summed E-state index contributed by atoms with van der Waals surface area (Å²) in [5.74, 6) is -0.850. The van der Waals surface area contributed by atoms with Crippen molar-refractivity contribution in [1.82, 2.24) is 0 Å². The van der Waals surface area contributed by atoms with Crippen LogP contribution in [0.15, 0.2) is 12.1 Å². The van der Waals surface area contributed by atoms with Gasteiger partial charge in [0.1, 0.15) is 10.9 Å². The summed E-state index contributed by atoms with van der Waals surface area (Å²) in [7, 11) is 0. The van der Waals surface area contributed by atoms with Gasteiger partial charge >= 0.3 is 5.97 Å². The summed E-state index contributed by atoms with van der Waals surface area (Å²) in [6.07, 6.45) is 0.460. The molecule has 1 aromatic rings. The monoisotopic (exact) mass is 210 g/mol. The number of carbonyl (C=O) groups is 1. The van der Waals surface area contributed by atoms with Crippen molar-refractivity contribution in [3.05, 3.63) is 21.9 Å². The predicted octanol–water partition coefficient (Wildman–Crippen LogP) is 1.48. The van der Waals surface area contributed by atoms with Crippen LogP contribution in [-0.2, 0) is 4.79 Å². The third-order valence-electron chi connectivity index (χ3n) is 1.77. The third-order valence-corrected chi connectivity index (χ3v) is 2.89. The summed E-state index contributed by atoms with van der Waals surface area (Å²) in [5, 5.41) is 17.0. The van der Waals surface area contributed by atoms with Gasteiger partial charge in [-0.2, -0.15) is 5.26 Å². The van der Waals surface area contributed by atoms with E-state index in [0.717, 1.165) is 4.88 Å². The molecule has 0 spiro atoms. The van der Waals surface area contributed by atoms with Gasteiger partial charge in [0.05, 0.1) is 0 Å². The number of nitriles is 1. The molecule has 0 radical (unpaired) electrons. The first-order valence-electron chi connectivity index (χ1n) is 4.10. The van der Waals surface area contributed by atoms with Crippen LogP contribution in [0, 0.1) is 11.3 Å². The number of carboxylic acid groups (broad SMARTS) is 1. The molecule has 5 heteroatoms. The van der Waals surface area contributed by atoms with Crippen LogP contribution in [-0.4, -0.2) is 11.1 Å². The van der Waals surface area contributed by atoms with Gasteiger partial charge in [0.25, 0.3) is 0 Å². The molecule has 0 aliphatic heterocycles. The van der Waals surface area contributed by atoms with E-state index in [9.17, 15) is 4.79 Å². The van der Waals surface area contributed by atoms with E-state index in [-0.39, 0.29) is 12.5 Å². The Morgan fingerprint density at radius 1 is 1.71 bits per heavy atom. The van der Waals surface area contributed by atoms with Crippen LogP contribution in [0.4, 0.5) is 0 Å². The summed E-state index contributed by atoms with van der Waals surface area (Å²) in [6, 6.07) is 5.20. The van der Waals surface area contributed by atoms with Gasteiger partial charge in [-0.05, 0) is 18.6 Å². The van der Waals surface area contributed by atoms with Gasteiger partial charge in [0, 0.05) is 17.3 Å². The lowest BCUT2D eigenvalue weighted by atomic mass is 10.1. The van der Waals surface area contributed by atoms with Crippen molar-refractivity contribution in [1.29, 1.82) is 5.26 Å². The van der Waals surface area contributed by atoms with E-state index in [4.69, 9.17) is 16.1 Å². The van der Waals surface area contributed by atoms with Crippen molar-refractivity contribution in [2.45, 2.75) is 18.9 Å². The molecule has 3 N–H and O–H groups in total. The zero-order valence-electron chi connectivity index (χ0n) is 7.43. The molecule has 0 bridgehead atoms. The van der Waals surface area contributed by atoms with E-state index in [1.54, 1.807) is 12.1 Å². The van der Waals surface area contributed by atoms with Crippen LogP contribution in [0.3, 0.4) is 0 Å². The Morgan fingerprint density at radius 3 is 2.93 bits per heavy atom. The van der Waals surface area contributed by atoms with Crippen LogP contribution in [0.2, 0.25) is 0 Å². The Kier molecular flexibility index (Phi) is 3.63. The summed E-state index contributed by atoms with van der Waals surface area (Å²) in [6.45, 7) is 0. The molecular weight excluding hydrogens is 200 g/mol. The maximum absolute atomic E-state index is 10.3. The number of hydrogen-bond donors (Lipinski definition) is 2. The van der Waals surface area contributed by atoms with Crippen molar-refractivity contribution in [2.75, 3.05) is 0 Å². The van der Waals surface area contributed by atoms with Crippen LogP contribution in [0.25, 0.3) is 0 Å². The van der Waals surface area contributed by atoms with E-state index in [2.05, 4.69) is 0 Å². The quantitative estimate of drug-likeness (QED) is 0.788. The van der Waals surface area contributed by atoms with Crippen LogP contribution >= 0.6 is 11.3 Å². The van der Waals surface area contributed by atoms with Gasteiger partial charge in [-0.15, -0.1) is 11.3 Å². The van der Waals surface area contributed by atoms with Gasteiger partial charge in [0.15, 0.2) is 0 Å². The SMILES string of the molecule is N#Cc1ccc(C(N)CCC(=O)O)s1. The molecule has 74 valence electrons. The topological polar surface area (TPSA) is 87.1 Å². The molecular formula is C9H10N2O2S. The first-order valence-corrected chi connectivity index (χ1v) is 4.92. The average Bonchev–Trinajstić information content (AvgIpc) is 2.62. The highest BCUT2D eigenvalue weighted by molar-refractivity contribution is 7.12. The average molecular weight is 210 g/mol. The second kappa shape index (κ2) is 4.74. The lowest BCUT2D eigenvalue weighted by molar-refractivity contribution is -0.137. The zero-order valence-corrected chi connectivity index (χ0v) is 8.25. The largest absolute Gasteiger partial charge is 0.481 e. The van der Waals surface area contributed by atoms with E-state index in [1.807, 2.05) is 6.07 Å². The summed E-state index contributed by atoms with van der Waals surface area (Å²) in [5.41, 5.74) is 5.75. The highest BCUT2D eigenvalue weighted by Gasteiger charge is 2.10. The van der Waals surface area contributed by atoms with Crippen LogP contribution in [0.5, 0.6) is 0 Å². The van der Waals surface area contributed by atoms with Crippen molar-refractivity contribution in [2.24, 2.45) is 5.73 Å². The third kappa shape index (κ3) is 2.83. The van der Waals surface area contributed by atoms with Gasteiger partial charge in [-0.1, -0.05) is 0 Å². The fourth-order valence-corrected chi connectivity index (χ4v) is 1.87. The van der Waals surface area contributed by atoms with Crippen molar-refractivity contribution < 1.29 is 9.90 Å². The predicted molar refractivity (Wildman–Crippen MR) is 52.8 cm³/mol. The first kappa shape index (κ1) is 10.7. The summed E-state index contributed by atoms with van der Waals surface area (Å²) >= 11 is 1.31. The molecule has 4 nitrogen and oxygen atoms in total. The maximum Gasteiger partial charge on any atom is 0.303 e. The number of nitrogens with zero attached hydrogens (tertiary/aromatic N) is 1. The Morgan fingerprint density at radius 2 is 2.43 bits per heavy atom. The zero-order chi connectivity index (χ0) is 10.6. The standard InChI is InChI=1S/C9H10N2O2S/c10-5-6-1-3-8(14-6)7(11)2-4-9(12)13/h1,3,7H,2,4,11H2,(H,12,13). The molecule has 1 aromatic heterocycles. The normalized spacial score (nSPS) is 12.0. The van der Waals surface area contributed by atoms with E-state index < -0.39 is 5.97 Å². The molecule has 0 aliphatic carbocycles. The molecule has 14 heavy (non-hydrogen) atoms. The van der Waals surface area contributed by atoms with Crippen molar-refractivity contribution in [3.63, 3.8) is 0 Å². The molecule has 0 saturated carbocycles. The smallest absolute Gasteiger partial charge is 0.303 e. The number of nitrogens with two attached hydrogens (primary N) is 1. The number of thiophene rings is 1. The molecule has 1 unspecified atom stereocenters. The van der Waals surface area contributed by atoms with Crippen molar-refractivity contribution in [3.8, 4) is 6.07 Å². The highest BCUT2D eigenvalue weighted by atomic mass is 32.1. The lowest BCUT2D eigenvalue weighted by Gasteiger charge is -2.06. The molecule has 1 atom stereocenters. The Labute approximate surface area is 85.6 Å². The molecule has 1 rings (SSSR count). The minimum Gasteiger partial charge on any atom is -0.481 e. The van der Waals surface area contributed by atoms with E-state index >= 15 is 0 Å². The molecule has 0 aliphatic rings. The van der Waals surface area contributed by atoms with Crippen molar-refractivity contribution >= 4 is 17.3 Å². The van der Waals surface area contributed by atoms with Gasteiger partial charge < -0.3 is 10.8 Å². The summed E-state index contributed by atoms with van der Waals surface area (Å²) in [4.78, 5) is 11.8. The highest BCUT2D eigenvalue weighted by Crippen LogP contribution is 2.24. The second-order valence-corrected chi connectivity index (χ2v) is 3.97. The maximum atomic E-state index is 10.3. The van der Waals surface area contributed by atoms with Gasteiger partial charge in [-0.3, -0.25) is 4.79 Å². The van der Waals surface area contributed by atoms with Gasteiger partial charge in [-0.25, -0.2) is 0 Å². The fourth-order valence-electron chi connectivity index (χ4n) is 1.03. The van der Waals surface area contributed by atoms with E-state index in [1.165, 1.54) is 11.3 Å². The Balaban J connectivity index is 2.56. The number of carboxylic acids is 1. The number of aliphatic carboxylic acids is 1. The summed E-state index contributed by atoms with van der Waals surface area (Å²) < 4.78 is 0. The minimum absolute atomic E-state index is 0.0565. The van der Waals surface area contributed by atoms with Gasteiger partial charge in [0.2, 0.25) is 0 Å². The van der Waals surface area contributed by atoms with Crippen LogP contribution < -0.4 is 5.73 Å². The molecule has 0 fully saturated rings. The second-order valence-electron chi connectivity index (χ2n) is 2.85.